The lowest BCUT2D eigenvalue weighted by Gasteiger charge is -2.08. The van der Waals surface area contributed by atoms with E-state index in [2.05, 4.69) is 11.9 Å². The fourth-order valence-corrected chi connectivity index (χ4v) is 2.55. The molecule has 0 N–H and O–H groups in total. The van der Waals surface area contributed by atoms with Crippen LogP contribution in [0.5, 0.6) is 6.01 Å². The largest absolute Gasteiger partial charge is 0.459 e. The monoisotopic (exact) mass is 264 g/mol. The number of nitrogens with zero attached hydrogens (tertiary/aromatic N) is 4. The summed E-state index contributed by atoms with van der Waals surface area (Å²) in [5.74, 6) is 0. The van der Waals surface area contributed by atoms with Gasteiger partial charge in [-0.15, -0.1) is 0 Å². The SMILES string of the molecule is CCC[C@@H]1Cn2c(nc3c2c(=O)n(C)c(=O)n3C)O1. The highest BCUT2D eigenvalue weighted by Crippen LogP contribution is 2.26. The van der Waals surface area contributed by atoms with E-state index in [1.54, 1.807) is 11.6 Å². The first-order chi connectivity index (χ1) is 9.04. The lowest BCUT2D eigenvalue weighted by molar-refractivity contribution is 0.213. The van der Waals surface area contributed by atoms with Gasteiger partial charge in [0.2, 0.25) is 0 Å². The molecule has 0 unspecified atom stereocenters. The van der Waals surface area contributed by atoms with Crippen LogP contribution < -0.4 is 16.0 Å². The molecule has 7 heteroatoms. The molecule has 0 aromatic carbocycles. The maximum atomic E-state index is 12.2. The molecule has 19 heavy (non-hydrogen) atoms. The lowest BCUT2D eigenvalue weighted by atomic mass is 10.2. The molecule has 7 nitrogen and oxygen atoms in total. The van der Waals surface area contributed by atoms with Crippen molar-refractivity contribution in [1.82, 2.24) is 18.7 Å². The lowest BCUT2D eigenvalue weighted by Crippen LogP contribution is -2.37. The van der Waals surface area contributed by atoms with Gasteiger partial charge < -0.3 is 4.74 Å². The molecule has 0 spiro atoms. The Morgan fingerprint density at radius 1 is 1.32 bits per heavy atom. The van der Waals surface area contributed by atoms with Crippen molar-refractivity contribution in [2.45, 2.75) is 32.4 Å². The zero-order chi connectivity index (χ0) is 13.7. The first-order valence-corrected chi connectivity index (χ1v) is 6.37. The van der Waals surface area contributed by atoms with E-state index in [1.807, 2.05) is 0 Å². The summed E-state index contributed by atoms with van der Waals surface area (Å²) < 4.78 is 9.96. The third kappa shape index (κ3) is 1.54. The van der Waals surface area contributed by atoms with Crippen LogP contribution in [0.2, 0.25) is 0 Å². The van der Waals surface area contributed by atoms with Crippen molar-refractivity contribution in [3.63, 3.8) is 0 Å². The zero-order valence-corrected chi connectivity index (χ0v) is 11.2. The molecular weight excluding hydrogens is 248 g/mol. The molecule has 0 aliphatic carbocycles. The van der Waals surface area contributed by atoms with E-state index in [4.69, 9.17) is 4.74 Å². The van der Waals surface area contributed by atoms with Gasteiger partial charge in [0.15, 0.2) is 11.2 Å². The summed E-state index contributed by atoms with van der Waals surface area (Å²) in [4.78, 5) is 28.3. The van der Waals surface area contributed by atoms with Crippen molar-refractivity contribution in [1.29, 1.82) is 0 Å². The number of imidazole rings is 1. The van der Waals surface area contributed by atoms with Gasteiger partial charge in [0.25, 0.3) is 11.6 Å². The molecule has 2 aromatic heterocycles. The van der Waals surface area contributed by atoms with Gasteiger partial charge in [-0.05, 0) is 6.42 Å². The number of ether oxygens (including phenoxy) is 1. The van der Waals surface area contributed by atoms with Crippen LogP contribution in [0.25, 0.3) is 11.2 Å². The van der Waals surface area contributed by atoms with Gasteiger partial charge in [0, 0.05) is 14.1 Å². The summed E-state index contributed by atoms with van der Waals surface area (Å²) in [7, 11) is 3.08. The standard InChI is InChI=1S/C12H16N4O3/c1-4-5-7-6-16-8-9(13-11(16)19-7)14(2)12(18)15(3)10(8)17/h7H,4-6H2,1-3H3/t7-/m1/s1. The molecular formula is C12H16N4O3. The first-order valence-electron chi connectivity index (χ1n) is 6.37. The molecule has 1 aliphatic rings. The van der Waals surface area contributed by atoms with Crippen LogP contribution in [0.3, 0.4) is 0 Å². The van der Waals surface area contributed by atoms with Crippen molar-refractivity contribution in [3.8, 4) is 6.01 Å². The van der Waals surface area contributed by atoms with Crippen molar-refractivity contribution >= 4 is 11.2 Å². The van der Waals surface area contributed by atoms with Crippen LogP contribution in [0, 0.1) is 0 Å². The van der Waals surface area contributed by atoms with E-state index < -0.39 is 0 Å². The molecule has 3 rings (SSSR count). The average Bonchev–Trinajstić information content (AvgIpc) is 2.91. The molecule has 1 aliphatic heterocycles. The molecule has 0 saturated carbocycles. The fourth-order valence-electron chi connectivity index (χ4n) is 2.55. The van der Waals surface area contributed by atoms with Crippen LogP contribution in [0.15, 0.2) is 9.59 Å². The third-order valence-electron chi connectivity index (χ3n) is 3.58. The fraction of sp³-hybridized carbons (Fsp3) is 0.583. The third-order valence-corrected chi connectivity index (χ3v) is 3.58. The van der Waals surface area contributed by atoms with Crippen LogP contribution in [-0.2, 0) is 20.6 Å². The van der Waals surface area contributed by atoms with Gasteiger partial charge in [0.05, 0.1) is 6.54 Å². The highest BCUT2D eigenvalue weighted by Gasteiger charge is 2.28. The Morgan fingerprint density at radius 2 is 2.05 bits per heavy atom. The number of rotatable bonds is 2. The minimum atomic E-state index is -0.376. The normalized spacial score (nSPS) is 17.7. The molecule has 102 valence electrons. The Morgan fingerprint density at radius 3 is 2.74 bits per heavy atom. The van der Waals surface area contributed by atoms with E-state index in [9.17, 15) is 9.59 Å². The van der Waals surface area contributed by atoms with E-state index in [0.717, 1.165) is 17.4 Å². The van der Waals surface area contributed by atoms with Crippen molar-refractivity contribution in [2.24, 2.45) is 14.1 Å². The Kier molecular flexibility index (Phi) is 2.51. The second-order valence-corrected chi connectivity index (χ2v) is 4.91. The van der Waals surface area contributed by atoms with Crippen LogP contribution in [0.4, 0.5) is 0 Å². The second-order valence-electron chi connectivity index (χ2n) is 4.91. The topological polar surface area (TPSA) is 71.0 Å². The maximum absolute atomic E-state index is 12.2. The molecule has 1 atom stereocenters. The maximum Gasteiger partial charge on any atom is 0.332 e. The second kappa shape index (κ2) is 3.97. The molecule has 2 aromatic rings. The minimum Gasteiger partial charge on any atom is -0.459 e. The molecule has 0 radical (unpaired) electrons. The van der Waals surface area contributed by atoms with Gasteiger partial charge >= 0.3 is 5.69 Å². The highest BCUT2D eigenvalue weighted by atomic mass is 16.5. The Bertz CT molecular complexity index is 768. The predicted molar refractivity (Wildman–Crippen MR) is 69.5 cm³/mol. The number of hydrogen-bond donors (Lipinski definition) is 0. The zero-order valence-electron chi connectivity index (χ0n) is 11.2. The first kappa shape index (κ1) is 12.0. The van der Waals surface area contributed by atoms with Crippen LogP contribution in [-0.4, -0.2) is 24.8 Å². The van der Waals surface area contributed by atoms with Crippen molar-refractivity contribution < 1.29 is 4.74 Å². The summed E-state index contributed by atoms with van der Waals surface area (Å²) in [6.45, 7) is 2.71. The van der Waals surface area contributed by atoms with Crippen molar-refractivity contribution in [2.75, 3.05) is 0 Å². The van der Waals surface area contributed by atoms with Gasteiger partial charge in [-0.25, -0.2) is 4.79 Å². The molecule has 0 saturated heterocycles. The Hall–Kier alpha value is -2.05. The molecule has 0 fully saturated rings. The number of fused-ring (bicyclic) bond motifs is 3. The van der Waals surface area contributed by atoms with E-state index in [1.165, 1.54) is 11.6 Å². The van der Waals surface area contributed by atoms with Crippen LogP contribution in [0.1, 0.15) is 19.8 Å². The highest BCUT2D eigenvalue weighted by molar-refractivity contribution is 5.72. The summed E-state index contributed by atoms with van der Waals surface area (Å²) in [6.07, 6.45) is 2.01. The molecule has 0 bridgehead atoms. The molecule has 0 amide bonds. The Labute approximate surface area is 109 Å². The summed E-state index contributed by atoms with van der Waals surface area (Å²) in [5, 5.41) is 0. The predicted octanol–water partition coefficient (Wildman–Crippen LogP) is -0.00520. The van der Waals surface area contributed by atoms with Crippen molar-refractivity contribution in [3.05, 3.63) is 20.8 Å². The average molecular weight is 264 g/mol. The number of aryl methyl sites for hydroxylation is 1. The van der Waals surface area contributed by atoms with E-state index in [0.29, 0.717) is 23.7 Å². The molecule has 3 heterocycles. The van der Waals surface area contributed by atoms with Gasteiger partial charge in [0.1, 0.15) is 6.10 Å². The summed E-state index contributed by atoms with van der Waals surface area (Å²) in [5.41, 5.74) is 0.133. The van der Waals surface area contributed by atoms with E-state index in [-0.39, 0.29) is 17.4 Å². The number of hydrogen-bond acceptors (Lipinski definition) is 4. The van der Waals surface area contributed by atoms with Crippen LogP contribution >= 0.6 is 0 Å². The summed E-state index contributed by atoms with van der Waals surface area (Å²) >= 11 is 0. The number of aromatic nitrogens is 4. The quantitative estimate of drug-likeness (QED) is 0.765. The minimum absolute atomic E-state index is 0.0684. The van der Waals surface area contributed by atoms with Gasteiger partial charge in [-0.1, -0.05) is 13.3 Å². The van der Waals surface area contributed by atoms with Gasteiger partial charge in [-0.3, -0.25) is 18.5 Å². The van der Waals surface area contributed by atoms with E-state index >= 15 is 0 Å². The Balaban J connectivity index is 2.26. The smallest absolute Gasteiger partial charge is 0.332 e. The van der Waals surface area contributed by atoms with Gasteiger partial charge in [-0.2, -0.15) is 4.98 Å². The summed E-state index contributed by atoms with van der Waals surface area (Å²) in [6, 6.07) is 0.437.